The summed E-state index contributed by atoms with van der Waals surface area (Å²) in [6.45, 7) is 2.33. The van der Waals surface area contributed by atoms with E-state index in [0.717, 1.165) is 11.1 Å². The molecule has 0 unspecified atom stereocenters. The number of nitro benzene ring substituents is 1. The van der Waals surface area contributed by atoms with Crippen LogP contribution in [-0.2, 0) is 28.3 Å². The number of benzene rings is 3. The molecule has 3 aromatic rings. The zero-order valence-corrected chi connectivity index (χ0v) is 22.6. The molecule has 0 aliphatic heterocycles. The van der Waals surface area contributed by atoms with E-state index in [1.807, 2.05) is 37.3 Å². The molecule has 0 spiro atoms. The first-order valence-corrected chi connectivity index (χ1v) is 13.6. The zero-order chi connectivity index (χ0) is 26.8. The second-order valence-corrected chi connectivity index (χ2v) is 10.0. The molecular weight excluding hydrogens is 533 g/mol. The Labute approximate surface area is 230 Å². The van der Waals surface area contributed by atoms with Gasteiger partial charge in [-0.15, -0.1) is 11.8 Å². The summed E-state index contributed by atoms with van der Waals surface area (Å²) in [5, 5.41) is 14.6. The van der Waals surface area contributed by atoms with Crippen LogP contribution < -0.4 is 5.32 Å². The first-order chi connectivity index (χ1) is 17.8. The highest BCUT2D eigenvalue weighted by Gasteiger charge is 2.31. The fraction of sp³-hybridized carbons (Fsp3) is 0.259. The lowest BCUT2D eigenvalue weighted by Crippen LogP contribution is -2.51. The summed E-state index contributed by atoms with van der Waals surface area (Å²) in [4.78, 5) is 38.8. The van der Waals surface area contributed by atoms with Crippen molar-refractivity contribution < 1.29 is 14.5 Å². The maximum absolute atomic E-state index is 13.6. The molecule has 0 aliphatic carbocycles. The summed E-state index contributed by atoms with van der Waals surface area (Å²) < 4.78 is 0. The first-order valence-electron chi connectivity index (χ1n) is 11.6. The predicted molar refractivity (Wildman–Crippen MR) is 149 cm³/mol. The summed E-state index contributed by atoms with van der Waals surface area (Å²) in [7, 11) is 0. The number of amides is 2. The minimum absolute atomic E-state index is 0.0123. The fourth-order valence-corrected chi connectivity index (χ4v) is 5.14. The van der Waals surface area contributed by atoms with Crippen molar-refractivity contribution in [3.8, 4) is 0 Å². The molecule has 0 aliphatic rings. The van der Waals surface area contributed by atoms with Crippen LogP contribution in [0.15, 0.2) is 72.8 Å². The van der Waals surface area contributed by atoms with E-state index in [4.69, 9.17) is 23.2 Å². The Balaban J connectivity index is 1.84. The molecule has 10 heteroatoms. The molecule has 194 valence electrons. The molecular formula is C27H27Cl2N3O4S. The van der Waals surface area contributed by atoms with E-state index in [2.05, 4.69) is 5.32 Å². The van der Waals surface area contributed by atoms with E-state index in [1.165, 1.54) is 28.8 Å². The monoisotopic (exact) mass is 559 g/mol. The number of nitrogens with one attached hydrogen (secondary N) is 1. The summed E-state index contributed by atoms with van der Waals surface area (Å²) in [5.41, 5.74) is 2.36. The predicted octanol–water partition coefficient (Wildman–Crippen LogP) is 5.91. The lowest BCUT2D eigenvalue weighted by molar-refractivity contribution is -0.384. The van der Waals surface area contributed by atoms with Crippen LogP contribution in [-0.4, -0.2) is 40.0 Å². The van der Waals surface area contributed by atoms with Crippen molar-refractivity contribution >= 4 is 52.5 Å². The molecule has 0 saturated carbocycles. The average Bonchev–Trinajstić information content (AvgIpc) is 2.88. The minimum Gasteiger partial charge on any atom is -0.355 e. The van der Waals surface area contributed by atoms with Gasteiger partial charge in [-0.25, -0.2) is 0 Å². The van der Waals surface area contributed by atoms with Crippen molar-refractivity contribution in [1.29, 1.82) is 0 Å². The van der Waals surface area contributed by atoms with Crippen LogP contribution in [0, 0.1) is 10.1 Å². The number of nitrogens with zero attached hydrogens (tertiary/aromatic N) is 2. The lowest BCUT2D eigenvalue weighted by Gasteiger charge is -2.32. The second kappa shape index (κ2) is 14.0. The SMILES string of the molecule is CCNC(=O)[C@H](Cc1ccccc1)N(Cc1c(Cl)cccc1Cl)C(=O)CSCc1ccc([N+](=O)[O-])cc1. The summed E-state index contributed by atoms with van der Waals surface area (Å²) in [5.74, 6) is 0.0805. The lowest BCUT2D eigenvalue weighted by atomic mass is 10.0. The molecule has 0 heterocycles. The minimum atomic E-state index is -0.776. The van der Waals surface area contributed by atoms with E-state index in [-0.39, 0.29) is 29.8 Å². The number of non-ortho nitro benzene ring substituents is 1. The van der Waals surface area contributed by atoms with Gasteiger partial charge in [0.05, 0.1) is 10.7 Å². The van der Waals surface area contributed by atoms with Crippen LogP contribution in [0.1, 0.15) is 23.6 Å². The van der Waals surface area contributed by atoms with E-state index in [0.29, 0.717) is 34.3 Å². The van der Waals surface area contributed by atoms with Gasteiger partial charge >= 0.3 is 0 Å². The fourth-order valence-electron chi connectivity index (χ4n) is 3.75. The van der Waals surface area contributed by atoms with E-state index in [9.17, 15) is 19.7 Å². The number of carbonyl (C=O) groups excluding carboxylic acids is 2. The van der Waals surface area contributed by atoms with Crippen LogP contribution in [0.3, 0.4) is 0 Å². The second-order valence-electron chi connectivity index (χ2n) is 8.24. The third-order valence-corrected chi connectivity index (χ3v) is 7.35. The molecule has 0 aromatic heterocycles. The van der Waals surface area contributed by atoms with Gasteiger partial charge in [-0.3, -0.25) is 19.7 Å². The number of halogens is 2. The molecule has 7 nitrogen and oxygen atoms in total. The molecule has 0 radical (unpaired) electrons. The third kappa shape index (κ3) is 8.21. The van der Waals surface area contributed by atoms with Gasteiger partial charge in [-0.05, 0) is 30.2 Å². The Hall–Kier alpha value is -3.07. The Morgan fingerprint density at radius 1 is 0.973 bits per heavy atom. The number of rotatable bonds is 12. The third-order valence-electron chi connectivity index (χ3n) is 5.65. The Kier molecular flexibility index (Phi) is 10.8. The van der Waals surface area contributed by atoms with Crippen molar-refractivity contribution in [1.82, 2.24) is 10.2 Å². The van der Waals surface area contributed by atoms with Crippen LogP contribution >= 0.6 is 35.0 Å². The highest BCUT2D eigenvalue weighted by atomic mass is 35.5. The normalized spacial score (nSPS) is 11.5. The summed E-state index contributed by atoms with van der Waals surface area (Å²) >= 11 is 14.2. The van der Waals surface area contributed by atoms with Crippen LogP contribution in [0.5, 0.6) is 0 Å². The van der Waals surface area contributed by atoms with Gasteiger partial charge in [0.15, 0.2) is 0 Å². The first kappa shape index (κ1) is 28.5. The standard InChI is InChI=1S/C27H27Cl2N3O4S/c1-2-30-27(34)25(15-19-7-4-3-5-8-19)31(16-22-23(28)9-6-10-24(22)29)26(33)18-37-17-20-11-13-21(14-12-20)32(35)36/h3-14,25H,2,15-18H2,1H3,(H,30,34)/t25-/m0/s1. The van der Waals surface area contributed by atoms with Gasteiger partial charge in [0.1, 0.15) is 6.04 Å². The van der Waals surface area contributed by atoms with E-state index < -0.39 is 11.0 Å². The summed E-state index contributed by atoms with van der Waals surface area (Å²) in [6, 6.07) is 20.1. The van der Waals surface area contributed by atoms with Crippen LogP contribution in [0.25, 0.3) is 0 Å². The Bertz CT molecular complexity index is 1210. The smallest absolute Gasteiger partial charge is 0.269 e. The van der Waals surface area contributed by atoms with Crippen molar-refractivity contribution in [2.45, 2.75) is 31.7 Å². The van der Waals surface area contributed by atoms with E-state index >= 15 is 0 Å². The number of hydrogen-bond acceptors (Lipinski definition) is 5. The number of likely N-dealkylation sites (N-methyl/N-ethyl adjacent to an activating group) is 1. The molecule has 1 atom stereocenters. The Morgan fingerprint density at radius 2 is 1.62 bits per heavy atom. The van der Waals surface area contributed by atoms with Gasteiger partial charge in [0, 0.05) is 53.0 Å². The molecule has 1 N–H and O–H groups in total. The number of thioether (sulfide) groups is 1. The maximum atomic E-state index is 13.6. The van der Waals surface area contributed by atoms with Gasteiger partial charge in [0.25, 0.3) is 5.69 Å². The van der Waals surface area contributed by atoms with Crippen molar-refractivity contribution in [2.75, 3.05) is 12.3 Å². The maximum Gasteiger partial charge on any atom is 0.269 e. The van der Waals surface area contributed by atoms with Crippen molar-refractivity contribution in [2.24, 2.45) is 0 Å². The number of carbonyl (C=O) groups is 2. The topological polar surface area (TPSA) is 92.6 Å². The molecule has 2 amide bonds. The summed E-state index contributed by atoms with van der Waals surface area (Å²) in [6.07, 6.45) is 0.327. The average molecular weight is 561 g/mol. The number of hydrogen-bond donors (Lipinski definition) is 1. The van der Waals surface area contributed by atoms with Crippen molar-refractivity contribution in [3.63, 3.8) is 0 Å². The largest absolute Gasteiger partial charge is 0.355 e. The van der Waals surface area contributed by atoms with Crippen LogP contribution in [0.2, 0.25) is 10.0 Å². The Morgan fingerprint density at radius 3 is 2.22 bits per heavy atom. The molecule has 0 bridgehead atoms. The molecule has 0 fully saturated rings. The molecule has 37 heavy (non-hydrogen) atoms. The number of nitro groups is 1. The van der Waals surface area contributed by atoms with Crippen LogP contribution in [0.4, 0.5) is 5.69 Å². The molecule has 3 rings (SSSR count). The van der Waals surface area contributed by atoms with Crippen molar-refractivity contribution in [3.05, 3.63) is 110 Å². The quantitative estimate of drug-likeness (QED) is 0.220. The highest BCUT2D eigenvalue weighted by Crippen LogP contribution is 2.28. The van der Waals surface area contributed by atoms with Gasteiger partial charge in [-0.2, -0.15) is 0 Å². The molecule has 0 saturated heterocycles. The highest BCUT2D eigenvalue weighted by molar-refractivity contribution is 7.99. The zero-order valence-electron chi connectivity index (χ0n) is 20.2. The molecule has 3 aromatic carbocycles. The van der Waals surface area contributed by atoms with Gasteiger partial charge in [0.2, 0.25) is 11.8 Å². The van der Waals surface area contributed by atoms with Gasteiger partial charge in [-0.1, -0.05) is 71.7 Å². The van der Waals surface area contributed by atoms with Gasteiger partial charge < -0.3 is 10.2 Å². The van der Waals surface area contributed by atoms with E-state index in [1.54, 1.807) is 30.3 Å².